The third-order valence-corrected chi connectivity index (χ3v) is 5.99. The number of aliphatic hydroxyl groups excluding tert-OH is 1. The molecule has 2 aromatic carbocycles. The van der Waals surface area contributed by atoms with Crippen molar-refractivity contribution in [1.29, 1.82) is 0 Å². The van der Waals surface area contributed by atoms with Crippen LogP contribution in [0.5, 0.6) is 0 Å². The number of fused-ring (bicyclic) bond motifs is 1. The molecule has 1 aliphatic heterocycles. The highest BCUT2D eigenvalue weighted by molar-refractivity contribution is 5.71. The number of aliphatic hydroxyl groups is 1. The predicted molar refractivity (Wildman–Crippen MR) is 121 cm³/mol. The fourth-order valence-corrected chi connectivity index (χ4v) is 4.23. The van der Waals surface area contributed by atoms with Crippen LogP contribution in [0.4, 0.5) is 5.69 Å². The second-order valence-corrected chi connectivity index (χ2v) is 8.13. The smallest absolute Gasteiger partial charge is 0.183 e. The molecule has 0 saturated carbocycles. The van der Waals surface area contributed by atoms with E-state index in [-0.39, 0.29) is 0 Å². The van der Waals surface area contributed by atoms with Crippen LogP contribution in [0.25, 0.3) is 16.9 Å². The zero-order valence-electron chi connectivity index (χ0n) is 17.8. The molecular weight excluding hydrogens is 388 g/mol. The standard InChI is InChI=1S/C24H26N6O/c1-17-8-9-18(2)22(15-17)28-11-13-29(14-12-28)24(31)19-5-3-6-20(16-19)30-23-21(26-27-30)7-4-10-25-23/h3-10,15-16,24,31H,11-14H2,1-2H3. The van der Waals surface area contributed by atoms with Crippen LogP contribution in [0.15, 0.2) is 60.8 Å². The normalized spacial score (nSPS) is 16.0. The van der Waals surface area contributed by atoms with Gasteiger partial charge in [0.2, 0.25) is 0 Å². The lowest BCUT2D eigenvalue weighted by Gasteiger charge is -2.39. The summed E-state index contributed by atoms with van der Waals surface area (Å²) in [6.45, 7) is 7.66. The lowest BCUT2D eigenvalue weighted by molar-refractivity contribution is -0.00163. The van der Waals surface area contributed by atoms with E-state index in [9.17, 15) is 5.11 Å². The van der Waals surface area contributed by atoms with E-state index >= 15 is 0 Å². The highest BCUT2D eigenvalue weighted by atomic mass is 16.3. The van der Waals surface area contributed by atoms with Crippen LogP contribution in [0.2, 0.25) is 0 Å². The van der Waals surface area contributed by atoms with Gasteiger partial charge in [-0.3, -0.25) is 4.90 Å². The quantitative estimate of drug-likeness (QED) is 0.553. The lowest BCUT2D eigenvalue weighted by Crippen LogP contribution is -2.48. The van der Waals surface area contributed by atoms with Gasteiger partial charge in [-0.1, -0.05) is 29.5 Å². The molecule has 1 fully saturated rings. The summed E-state index contributed by atoms with van der Waals surface area (Å²) >= 11 is 0. The number of piperazine rings is 1. The molecule has 1 unspecified atom stereocenters. The van der Waals surface area contributed by atoms with Gasteiger partial charge < -0.3 is 10.0 Å². The Labute approximate surface area is 181 Å². The van der Waals surface area contributed by atoms with Gasteiger partial charge in [0.05, 0.1) is 5.69 Å². The first-order chi connectivity index (χ1) is 15.1. The van der Waals surface area contributed by atoms with Gasteiger partial charge >= 0.3 is 0 Å². The molecule has 7 nitrogen and oxygen atoms in total. The first kappa shape index (κ1) is 19.7. The van der Waals surface area contributed by atoms with Crippen LogP contribution in [0.3, 0.4) is 0 Å². The molecule has 5 rings (SSSR count). The largest absolute Gasteiger partial charge is 0.374 e. The van der Waals surface area contributed by atoms with E-state index in [1.165, 1.54) is 16.8 Å². The van der Waals surface area contributed by atoms with Crippen molar-refractivity contribution in [2.75, 3.05) is 31.1 Å². The summed E-state index contributed by atoms with van der Waals surface area (Å²) in [5.74, 6) is 0. The molecule has 1 N–H and O–H groups in total. The molecule has 4 aromatic rings. The highest BCUT2D eigenvalue weighted by Gasteiger charge is 2.24. The molecule has 0 spiro atoms. The molecule has 0 bridgehead atoms. The maximum absolute atomic E-state index is 11.1. The summed E-state index contributed by atoms with van der Waals surface area (Å²) in [6, 6.07) is 18.1. The minimum absolute atomic E-state index is 0.663. The van der Waals surface area contributed by atoms with Crippen molar-refractivity contribution in [2.24, 2.45) is 0 Å². The van der Waals surface area contributed by atoms with Crippen molar-refractivity contribution in [2.45, 2.75) is 20.1 Å². The first-order valence-electron chi connectivity index (χ1n) is 10.6. The van der Waals surface area contributed by atoms with E-state index in [0.717, 1.165) is 42.9 Å². The van der Waals surface area contributed by atoms with Crippen molar-refractivity contribution in [3.8, 4) is 5.69 Å². The number of anilines is 1. The van der Waals surface area contributed by atoms with Gasteiger partial charge in [0.1, 0.15) is 11.7 Å². The van der Waals surface area contributed by atoms with E-state index in [1.807, 2.05) is 36.4 Å². The van der Waals surface area contributed by atoms with Crippen molar-refractivity contribution in [3.63, 3.8) is 0 Å². The second-order valence-electron chi connectivity index (χ2n) is 8.13. The summed E-state index contributed by atoms with van der Waals surface area (Å²) in [6.07, 6.45) is 1.07. The Hall–Kier alpha value is -3.29. The number of aryl methyl sites for hydroxylation is 2. The molecule has 1 saturated heterocycles. The van der Waals surface area contributed by atoms with E-state index < -0.39 is 6.23 Å². The third-order valence-electron chi connectivity index (χ3n) is 5.99. The van der Waals surface area contributed by atoms with Crippen LogP contribution >= 0.6 is 0 Å². The van der Waals surface area contributed by atoms with Gasteiger partial charge in [-0.2, -0.15) is 4.68 Å². The van der Waals surface area contributed by atoms with Crippen molar-refractivity contribution in [1.82, 2.24) is 24.9 Å². The zero-order valence-corrected chi connectivity index (χ0v) is 17.8. The maximum Gasteiger partial charge on any atom is 0.183 e. The van der Waals surface area contributed by atoms with Gasteiger partial charge in [0.25, 0.3) is 0 Å². The maximum atomic E-state index is 11.1. The Morgan fingerprint density at radius 3 is 2.61 bits per heavy atom. The monoisotopic (exact) mass is 414 g/mol. The van der Waals surface area contributed by atoms with Crippen LogP contribution in [-0.4, -0.2) is 56.2 Å². The van der Waals surface area contributed by atoms with Gasteiger partial charge in [0, 0.05) is 38.1 Å². The molecule has 0 radical (unpaired) electrons. The van der Waals surface area contributed by atoms with E-state index in [4.69, 9.17) is 0 Å². The van der Waals surface area contributed by atoms with Gasteiger partial charge in [-0.25, -0.2) is 4.98 Å². The summed E-state index contributed by atoms with van der Waals surface area (Å²) in [5, 5.41) is 19.5. The predicted octanol–water partition coefficient (Wildman–Crippen LogP) is 3.25. The molecule has 2 aromatic heterocycles. The number of hydrogen-bond donors (Lipinski definition) is 1. The number of nitrogens with zero attached hydrogens (tertiary/aromatic N) is 6. The Balaban J connectivity index is 1.33. The number of benzene rings is 2. The number of rotatable bonds is 4. The lowest BCUT2D eigenvalue weighted by atomic mass is 10.1. The van der Waals surface area contributed by atoms with Crippen LogP contribution < -0.4 is 4.90 Å². The van der Waals surface area contributed by atoms with Gasteiger partial charge in [-0.15, -0.1) is 5.10 Å². The average Bonchev–Trinajstić information content (AvgIpc) is 3.25. The van der Waals surface area contributed by atoms with Crippen molar-refractivity contribution in [3.05, 3.63) is 77.5 Å². The van der Waals surface area contributed by atoms with Crippen LogP contribution in [-0.2, 0) is 0 Å². The Morgan fingerprint density at radius 2 is 1.77 bits per heavy atom. The summed E-state index contributed by atoms with van der Waals surface area (Å²) in [7, 11) is 0. The van der Waals surface area contributed by atoms with Gasteiger partial charge in [-0.05, 0) is 60.9 Å². The molecule has 158 valence electrons. The summed E-state index contributed by atoms with van der Waals surface area (Å²) in [4.78, 5) is 8.93. The fourth-order valence-electron chi connectivity index (χ4n) is 4.23. The van der Waals surface area contributed by atoms with Crippen LogP contribution in [0.1, 0.15) is 22.9 Å². The summed E-state index contributed by atoms with van der Waals surface area (Å²) in [5.41, 5.74) is 6.99. The third kappa shape index (κ3) is 3.78. The topological polar surface area (TPSA) is 70.3 Å². The average molecular weight is 415 g/mol. The van der Waals surface area contributed by atoms with Gasteiger partial charge in [0.15, 0.2) is 5.65 Å². The number of pyridine rings is 1. The molecule has 7 heteroatoms. The van der Waals surface area contributed by atoms with Crippen molar-refractivity contribution >= 4 is 16.9 Å². The zero-order chi connectivity index (χ0) is 21.4. The molecule has 1 aliphatic rings. The minimum atomic E-state index is -0.663. The molecule has 3 heterocycles. The fraction of sp³-hybridized carbons (Fsp3) is 0.292. The second kappa shape index (κ2) is 8.09. The first-order valence-corrected chi connectivity index (χ1v) is 10.6. The van der Waals surface area contributed by atoms with E-state index in [1.54, 1.807) is 10.9 Å². The molecular formula is C24H26N6O. The summed E-state index contributed by atoms with van der Waals surface area (Å²) < 4.78 is 1.71. The van der Waals surface area contributed by atoms with Crippen LogP contribution in [0, 0.1) is 13.8 Å². The van der Waals surface area contributed by atoms with E-state index in [2.05, 4.69) is 57.1 Å². The molecule has 0 aliphatic carbocycles. The highest BCUT2D eigenvalue weighted by Crippen LogP contribution is 2.26. The minimum Gasteiger partial charge on any atom is -0.374 e. The van der Waals surface area contributed by atoms with E-state index in [0.29, 0.717) is 5.65 Å². The Morgan fingerprint density at radius 1 is 0.935 bits per heavy atom. The van der Waals surface area contributed by atoms with Crippen molar-refractivity contribution < 1.29 is 5.11 Å². The Bertz CT molecular complexity index is 1210. The molecule has 1 atom stereocenters. The Kier molecular flexibility index (Phi) is 5.13. The SMILES string of the molecule is Cc1ccc(C)c(N2CCN(C(O)c3cccc(-n4nnc5cccnc54)c3)CC2)c1. The molecule has 0 amide bonds. The molecule has 31 heavy (non-hydrogen) atoms. The number of aromatic nitrogens is 4. The number of hydrogen-bond acceptors (Lipinski definition) is 6.